The first-order valence-electron chi connectivity index (χ1n) is 4.54. The summed E-state index contributed by atoms with van der Waals surface area (Å²) in [6.45, 7) is 2.92. The van der Waals surface area contributed by atoms with Gasteiger partial charge in [-0.05, 0) is 62.9 Å². The molecule has 5 heteroatoms. The summed E-state index contributed by atoms with van der Waals surface area (Å²) in [5.74, 6) is 0.0628. The Balaban J connectivity index is 2.55. The molecule has 0 radical (unpaired) electrons. The molecule has 0 unspecified atom stereocenters. The Morgan fingerprint density at radius 3 is 2.73 bits per heavy atom. The van der Waals surface area contributed by atoms with Gasteiger partial charge in [0.15, 0.2) is 0 Å². The first-order valence-corrected chi connectivity index (χ1v) is 6.90. The van der Waals surface area contributed by atoms with Crippen LogP contribution in [0.1, 0.15) is 17.3 Å². The minimum Gasteiger partial charge on any atom is -0.314 e. The van der Waals surface area contributed by atoms with Gasteiger partial charge in [-0.1, -0.05) is 12.1 Å². The van der Waals surface area contributed by atoms with Gasteiger partial charge < -0.3 is 4.31 Å². The number of alkyl halides is 2. The van der Waals surface area contributed by atoms with Crippen molar-refractivity contribution in [2.45, 2.75) is 9.49 Å². The van der Waals surface area contributed by atoms with Gasteiger partial charge in [-0.3, -0.25) is 4.79 Å². The number of rotatable bonds is 1. The molecule has 1 heterocycles. The minimum absolute atomic E-state index is 0.0628. The Morgan fingerprint density at radius 2 is 2.07 bits per heavy atom. The van der Waals surface area contributed by atoms with Crippen molar-refractivity contribution >= 4 is 55.3 Å². The molecular weight excluding hydrogens is 342 g/mol. The largest absolute Gasteiger partial charge is 0.314 e. The summed E-state index contributed by atoms with van der Waals surface area (Å²) in [6.07, 6.45) is 0. The topological polar surface area (TPSA) is 20.3 Å². The highest BCUT2D eigenvalue weighted by molar-refractivity contribution is 9.28. The van der Waals surface area contributed by atoms with Crippen LogP contribution in [0.5, 0.6) is 0 Å². The van der Waals surface area contributed by atoms with Crippen molar-refractivity contribution in [1.29, 1.82) is 0 Å². The second-order valence-corrected chi connectivity index (χ2v) is 8.88. The van der Waals surface area contributed by atoms with E-state index in [0.29, 0.717) is 0 Å². The maximum Gasteiger partial charge on any atom is 0.207 e. The third-order valence-corrected chi connectivity index (χ3v) is 4.87. The molecule has 0 aromatic heterocycles. The Hall–Kier alpha value is -0.000000000000000222. The molecule has 0 saturated heterocycles. The molecule has 1 aromatic rings. The zero-order valence-electron chi connectivity index (χ0n) is 8.04. The molecule has 1 aromatic carbocycles. The van der Waals surface area contributed by atoms with Gasteiger partial charge in [0.25, 0.3) is 0 Å². The van der Waals surface area contributed by atoms with E-state index in [1.54, 1.807) is 0 Å². The normalized spacial score (nSPS) is 18.9. The van der Waals surface area contributed by atoms with Crippen molar-refractivity contribution in [3.8, 4) is 0 Å². The molecule has 0 bridgehead atoms. The van der Waals surface area contributed by atoms with Crippen LogP contribution in [0.4, 0.5) is 5.69 Å². The van der Waals surface area contributed by atoms with E-state index < -0.39 is 2.57 Å². The molecular formula is C10H9Br2NOS. The zero-order chi connectivity index (χ0) is 11.1. The lowest BCUT2D eigenvalue weighted by atomic mass is 10.1. The molecule has 2 nitrogen and oxygen atoms in total. The van der Waals surface area contributed by atoms with Crippen molar-refractivity contribution in [2.24, 2.45) is 0 Å². The number of hydrogen-bond donors (Lipinski definition) is 0. The first-order chi connectivity index (χ1) is 7.06. The third kappa shape index (κ3) is 1.97. The van der Waals surface area contributed by atoms with Crippen LogP contribution in [-0.4, -0.2) is 14.9 Å². The van der Waals surface area contributed by atoms with Crippen molar-refractivity contribution in [2.75, 3.05) is 10.8 Å². The molecule has 0 saturated carbocycles. The maximum atomic E-state index is 12.1. The molecule has 0 N–H and O–H groups in total. The fourth-order valence-corrected chi connectivity index (χ4v) is 3.84. The average Bonchev–Trinajstić information content (AvgIpc) is 2.24. The van der Waals surface area contributed by atoms with Gasteiger partial charge in [0.1, 0.15) is 0 Å². The second-order valence-electron chi connectivity index (χ2n) is 3.15. The van der Waals surface area contributed by atoms with Crippen molar-refractivity contribution in [3.05, 3.63) is 29.8 Å². The molecule has 0 spiro atoms. The highest BCUT2D eigenvalue weighted by Crippen LogP contribution is 2.50. The number of fused-ring (bicyclic) bond motifs is 1. The van der Waals surface area contributed by atoms with E-state index in [9.17, 15) is 4.79 Å². The second kappa shape index (κ2) is 4.11. The molecule has 15 heavy (non-hydrogen) atoms. The average molecular weight is 351 g/mol. The van der Waals surface area contributed by atoms with E-state index in [4.69, 9.17) is 0 Å². The molecule has 0 amide bonds. The van der Waals surface area contributed by atoms with Gasteiger partial charge >= 0.3 is 0 Å². The zero-order valence-corrected chi connectivity index (χ0v) is 12.0. The van der Waals surface area contributed by atoms with E-state index in [1.165, 1.54) is 11.9 Å². The SMILES string of the molecule is CCN1SC(Br)(Br)C(=O)c2ccccc21. The van der Waals surface area contributed by atoms with E-state index in [-0.39, 0.29) is 5.78 Å². The standard InChI is InChI=1S/C10H9Br2NOS/c1-2-13-8-6-4-3-5-7(8)9(14)10(11,12)15-13/h3-6H,2H2,1H3. The van der Waals surface area contributed by atoms with Gasteiger partial charge in [-0.15, -0.1) is 0 Å². The number of carbonyl (C=O) groups is 1. The molecule has 2 rings (SSSR count). The number of carbonyl (C=O) groups excluding carboxylic acids is 1. The molecule has 1 aliphatic heterocycles. The van der Waals surface area contributed by atoms with Gasteiger partial charge in [-0.25, -0.2) is 0 Å². The number of anilines is 1. The summed E-state index contributed by atoms with van der Waals surface area (Å²) in [5, 5.41) is 0. The number of Topliss-reactive ketones (excluding diaryl/α,β-unsaturated/α-hetero) is 1. The first kappa shape index (κ1) is 11.5. The van der Waals surface area contributed by atoms with Crippen LogP contribution in [0.25, 0.3) is 0 Å². The van der Waals surface area contributed by atoms with Crippen molar-refractivity contribution in [1.82, 2.24) is 0 Å². The van der Waals surface area contributed by atoms with Gasteiger partial charge in [0.2, 0.25) is 8.35 Å². The van der Waals surface area contributed by atoms with Crippen LogP contribution in [0.3, 0.4) is 0 Å². The minimum atomic E-state index is -0.718. The maximum absolute atomic E-state index is 12.1. The Labute approximate surface area is 110 Å². The number of ketones is 1. The predicted molar refractivity (Wildman–Crippen MR) is 72.0 cm³/mol. The lowest BCUT2D eigenvalue weighted by Gasteiger charge is -2.34. The molecule has 80 valence electrons. The predicted octanol–water partition coefficient (Wildman–Crippen LogP) is 3.80. The Morgan fingerprint density at radius 1 is 1.40 bits per heavy atom. The van der Waals surface area contributed by atoms with E-state index in [1.807, 2.05) is 24.3 Å². The van der Waals surface area contributed by atoms with Crippen molar-refractivity contribution in [3.63, 3.8) is 0 Å². The fraction of sp³-hybridized carbons (Fsp3) is 0.300. The van der Waals surface area contributed by atoms with Crippen molar-refractivity contribution < 1.29 is 4.79 Å². The third-order valence-electron chi connectivity index (χ3n) is 2.19. The summed E-state index contributed by atoms with van der Waals surface area (Å²) in [4.78, 5) is 12.1. The lowest BCUT2D eigenvalue weighted by Crippen LogP contribution is -2.34. The van der Waals surface area contributed by atoms with E-state index in [2.05, 4.69) is 43.1 Å². The summed E-state index contributed by atoms with van der Waals surface area (Å²) < 4.78 is 1.38. The van der Waals surface area contributed by atoms with E-state index in [0.717, 1.165) is 17.8 Å². The number of halogens is 2. The summed E-state index contributed by atoms with van der Waals surface area (Å²) in [6, 6.07) is 7.66. The molecule has 1 aliphatic rings. The van der Waals surface area contributed by atoms with Crippen LogP contribution in [0, 0.1) is 0 Å². The summed E-state index contributed by atoms with van der Waals surface area (Å²) in [5.41, 5.74) is 1.75. The summed E-state index contributed by atoms with van der Waals surface area (Å²) in [7, 11) is 0. The number of para-hydroxylation sites is 1. The highest BCUT2D eigenvalue weighted by atomic mass is 79.9. The quantitative estimate of drug-likeness (QED) is 0.567. The molecule has 0 aliphatic carbocycles. The Bertz CT molecular complexity index is 408. The number of benzene rings is 1. The van der Waals surface area contributed by atoms with Gasteiger partial charge in [0.05, 0.1) is 5.69 Å². The van der Waals surface area contributed by atoms with Crippen LogP contribution in [0.15, 0.2) is 24.3 Å². The number of hydrogen-bond acceptors (Lipinski definition) is 3. The number of nitrogens with zero attached hydrogens (tertiary/aromatic N) is 1. The van der Waals surface area contributed by atoms with Gasteiger partial charge in [-0.2, -0.15) is 0 Å². The fourth-order valence-electron chi connectivity index (χ4n) is 1.50. The molecule has 0 fully saturated rings. The monoisotopic (exact) mass is 349 g/mol. The van der Waals surface area contributed by atoms with Crippen LogP contribution >= 0.6 is 43.8 Å². The Kier molecular flexibility index (Phi) is 3.14. The van der Waals surface area contributed by atoms with Crippen LogP contribution in [-0.2, 0) is 0 Å². The summed E-state index contributed by atoms with van der Waals surface area (Å²) >= 11 is 8.25. The lowest BCUT2D eigenvalue weighted by molar-refractivity contribution is 0.100. The van der Waals surface area contributed by atoms with Crippen LogP contribution in [0.2, 0.25) is 0 Å². The smallest absolute Gasteiger partial charge is 0.207 e. The van der Waals surface area contributed by atoms with Crippen LogP contribution < -0.4 is 4.31 Å². The molecule has 0 atom stereocenters. The van der Waals surface area contributed by atoms with Gasteiger partial charge in [0, 0.05) is 12.1 Å². The van der Waals surface area contributed by atoms with E-state index >= 15 is 0 Å². The highest BCUT2D eigenvalue weighted by Gasteiger charge is 2.42.